The molecule has 318 valence electrons. The van der Waals surface area contributed by atoms with Gasteiger partial charge >= 0.3 is 0 Å². The number of nitrogens with zero attached hydrogens (tertiary/aromatic N) is 3. The van der Waals surface area contributed by atoms with Crippen LogP contribution in [0.4, 0.5) is 0 Å². The van der Waals surface area contributed by atoms with Gasteiger partial charge in [0.15, 0.2) is 0 Å². The molecule has 3 aromatic heterocycles. The van der Waals surface area contributed by atoms with Gasteiger partial charge in [-0.1, -0.05) is 182 Å². The molecule has 66 heavy (non-hydrogen) atoms. The van der Waals surface area contributed by atoms with Gasteiger partial charge in [-0.15, -0.1) is 0 Å². The van der Waals surface area contributed by atoms with Gasteiger partial charge in [-0.05, 0) is 137 Å². The van der Waals surface area contributed by atoms with E-state index in [-0.39, 0.29) is 0 Å². The predicted octanol–water partition coefficient (Wildman–Crippen LogP) is 15.2. The maximum Gasteiger partial charge on any atom is 0.0709 e. The molecule has 0 amide bonds. The van der Waals surface area contributed by atoms with Crippen molar-refractivity contribution in [1.29, 1.82) is 0 Å². The normalized spacial score (nSPS) is 11.1. The van der Waals surface area contributed by atoms with Crippen LogP contribution in [-0.4, -0.2) is 15.0 Å². The lowest BCUT2D eigenvalue weighted by molar-refractivity contribution is 0.904. The minimum Gasteiger partial charge on any atom is -0.256 e. The number of aryl methyl sites for hydroxylation is 6. The highest BCUT2D eigenvalue weighted by Crippen LogP contribution is 2.33. The van der Waals surface area contributed by atoms with Crippen LogP contribution in [0.3, 0.4) is 0 Å². The summed E-state index contributed by atoms with van der Waals surface area (Å²) >= 11 is 0. The average molecular weight is 850 g/mol. The Morgan fingerprint density at radius 3 is 1.17 bits per heavy atom. The topological polar surface area (TPSA) is 38.7 Å². The quantitative estimate of drug-likeness (QED) is 0.103. The van der Waals surface area contributed by atoms with Gasteiger partial charge in [-0.2, -0.15) is 0 Å². The van der Waals surface area contributed by atoms with Crippen LogP contribution in [0.5, 0.6) is 0 Å². The molecule has 7 aromatic carbocycles. The fourth-order valence-corrected chi connectivity index (χ4v) is 8.94. The summed E-state index contributed by atoms with van der Waals surface area (Å²) in [5, 5.41) is 0. The fraction of sp³-hybridized carbons (Fsp3) is 0.0952. The Morgan fingerprint density at radius 2 is 0.636 bits per heavy atom. The van der Waals surface area contributed by atoms with Gasteiger partial charge in [0, 0.05) is 34.6 Å². The Morgan fingerprint density at radius 1 is 0.242 bits per heavy atom. The molecule has 10 aromatic rings. The lowest BCUT2D eigenvalue weighted by Crippen LogP contribution is -2.01. The lowest BCUT2D eigenvalue weighted by Gasteiger charge is -2.15. The van der Waals surface area contributed by atoms with E-state index in [0.29, 0.717) is 0 Å². The number of rotatable bonds is 15. The second-order valence-electron chi connectivity index (χ2n) is 17.1. The minimum atomic E-state index is 0.917. The molecular weight excluding hydrogens is 799 g/mol. The van der Waals surface area contributed by atoms with E-state index in [1.807, 2.05) is 42.7 Å². The Kier molecular flexibility index (Phi) is 12.9. The summed E-state index contributed by atoms with van der Waals surface area (Å²) in [5.74, 6) is 0. The third-order valence-electron chi connectivity index (χ3n) is 12.6. The Bertz CT molecular complexity index is 3020. The van der Waals surface area contributed by atoms with E-state index in [1.165, 1.54) is 55.6 Å². The zero-order valence-corrected chi connectivity index (χ0v) is 37.1. The first kappa shape index (κ1) is 42.0. The second kappa shape index (κ2) is 20.2. The molecule has 0 radical (unpaired) electrons. The number of aromatic nitrogens is 3. The number of benzene rings is 7. The fourth-order valence-electron chi connectivity index (χ4n) is 8.94. The summed E-state index contributed by atoms with van der Waals surface area (Å²) in [5.41, 5.74) is 21.5. The van der Waals surface area contributed by atoms with Crippen LogP contribution in [0.15, 0.2) is 237 Å². The Labute approximate surface area is 389 Å². The smallest absolute Gasteiger partial charge is 0.0709 e. The van der Waals surface area contributed by atoms with E-state index in [9.17, 15) is 0 Å². The van der Waals surface area contributed by atoms with Crippen molar-refractivity contribution in [2.75, 3.05) is 0 Å². The van der Waals surface area contributed by atoms with E-state index in [4.69, 9.17) is 4.98 Å². The summed E-state index contributed by atoms with van der Waals surface area (Å²) in [6, 6.07) is 80.7. The van der Waals surface area contributed by atoms with Gasteiger partial charge in [0.2, 0.25) is 0 Å². The summed E-state index contributed by atoms with van der Waals surface area (Å²) in [4.78, 5) is 14.3. The van der Waals surface area contributed by atoms with Crippen molar-refractivity contribution in [1.82, 2.24) is 15.0 Å². The largest absolute Gasteiger partial charge is 0.256 e. The van der Waals surface area contributed by atoms with Crippen molar-refractivity contribution < 1.29 is 0 Å². The summed E-state index contributed by atoms with van der Waals surface area (Å²) in [6.45, 7) is 0. The molecular formula is C63H51N3. The molecule has 0 spiro atoms. The monoisotopic (exact) mass is 849 g/mol. The van der Waals surface area contributed by atoms with E-state index in [1.54, 1.807) is 0 Å². The first-order valence-corrected chi connectivity index (χ1v) is 23.1. The molecule has 0 N–H and O–H groups in total. The third-order valence-corrected chi connectivity index (χ3v) is 12.6. The molecule has 0 aliphatic carbocycles. The first-order chi connectivity index (χ1) is 32.7. The van der Waals surface area contributed by atoms with Gasteiger partial charge in [-0.3, -0.25) is 9.97 Å². The minimum absolute atomic E-state index is 0.917. The van der Waals surface area contributed by atoms with E-state index in [2.05, 4.69) is 204 Å². The summed E-state index contributed by atoms with van der Waals surface area (Å²) in [7, 11) is 0. The van der Waals surface area contributed by atoms with Gasteiger partial charge in [0.1, 0.15) is 0 Å². The maximum atomic E-state index is 5.15. The molecule has 0 saturated carbocycles. The molecule has 3 heteroatoms. The lowest BCUT2D eigenvalue weighted by atomic mass is 9.90. The van der Waals surface area contributed by atoms with Crippen LogP contribution in [0.25, 0.3) is 67.3 Å². The Hall–Kier alpha value is -8.01. The van der Waals surface area contributed by atoms with Crippen molar-refractivity contribution in [3.63, 3.8) is 0 Å². The number of pyridine rings is 3. The van der Waals surface area contributed by atoms with E-state index in [0.717, 1.165) is 83.6 Å². The first-order valence-electron chi connectivity index (χ1n) is 23.1. The molecule has 3 heterocycles. The highest BCUT2D eigenvalue weighted by Gasteiger charge is 2.13. The molecule has 0 fully saturated rings. The molecule has 0 unspecified atom stereocenters. The third kappa shape index (κ3) is 10.3. The zero-order valence-electron chi connectivity index (χ0n) is 37.1. The van der Waals surface area contributed by atoms with Gasteiger partial charge in [-0.25, -0.2) is 4.98 Å². The number of hydrogen-bond acceptors (Lipinski definition) is 3. The van der Waals surface area contributed by atoms with Crippen LogP contribution >= 0.6 is 0 Å². The zero-order chi connectivity index (χ0) is 44.3. The molecule has 0 aliphatic heterocycles. The van der Waals surface area contributed by atoms with E-state index < -0.39 is 0 Å². The summed E-state index contributed by atoms with van der Waals surface area (Å²) in [6.07, 6.45) is 9.47. The SMILES string of the molecule is c1ccc(-c2ccc(-c3cc(-c4cccc(-c5ccccc5)n4)ccc3CCc3cc(CCc4ccc(-c5ccccn5)cc4)cc(CCc4ccc(-c5ccccn5)cc4)c3)cc2)cc1. The van der Waals surface area contributed by atoms with Gasteiger partial charge in [0.05, 0.1) is 22.8 Å². The van der Waals surface area contributed by atoms with Crippen molar-refractivity contribution in [3.05, 3.63) is 270 Å². The number of hydrogen-bond donors (Lipinski definition) is 0. The molecule has 10 rings (SSSR count). The summed E-state index contributed by atoms with van der Waals surface area (Å²) < 4.78 is 0. The van der Waals surface area contributed by atoms with Crippen LogP contribution in [0.1, 0.15) is 33.4 Å². The maximum absolute atomic E-state index is 5.15. The van der Waals surface area contributed by atoms with Crippen LogP contribution in [0, 0.1) is 0 Å². The van der Waals surface area contributed by atoms with Crippen LogP contribution in [0.2, 0.25) is 0 Å². The van der Waals surface area contributed by atoms with Crippen LogP contribution in [-0.2, 0) is 38.5 Å². The molecule has 0 bridgehead atoms. The Balaban J connectivity index is 0.934. The van der Waals surface area contributed by atoms with Crippen molar-refractivity contribution in [3.8, 4) is 67.3 Å². The van der Waals surface area contributed by atoms with Crippen molar-refractivity contribution in [2.45, 2.75) is 38.5 Å². The van der Waals surface area contributed by atoms with E-state index >= 15 is 0 Å². The molecule has 0 aliphatic rings. The predicted molar refractivity (Wildman–Crippen MR) is 274 cm³/mol. The molecule has 0 saturated heterocycles. The molecule has 3 nitrogen and oxygen atoms in total. The standard InChI is InChI=1S/C63H51N3/c1-3-12-51(13-4-1)52-34-36-54(37-35-52)59-45-58(63-19-11-18-62(66-63)55-14-5-2-6-15-55)39-38-53(59)29-28-50-43-48(22-20-46-24-30-56(31-25-46)60-16-7-9-40-64-60)42-49(44-50)23-21-47-26-32-57(33-27-47)61-17-8-10-41-65-61/h1-19,24-27,30-45H,20-23,28-29H2. The second-order valence-corrected chi connectivity index (χ2v) is 17.1. The molecule has 0 atom stereocenters. The van der Waals surface area contributed by atoms with Crippen LogP contribution < -0.4 is 0 Å². The van der Waals surface area contributed by atoms with Crippen molar-refractivity contribution >= 4 is 0 Å². The average Bonchev–Trinajstić information content (AvgIpc) is 3.40. The van der Waals surface area contributed by atoms with Gasteiger partial charge < -0.3 is 0 Å². The highest BCUT2D eigenvalue weighted by molar-refractivity contribution is 5.77. The van der Waals surface area contributed by atoms with Crippen molar-refractivity contribution in [2.24, 2.45) is 0 Å². The van der Waals surface area contributed by atoms with Gasteiger partial charge in [0.25, 0.3) is 0 Å². The highest BCUT2D eigenvalue weighted by atomic mass is 14.7.